The van der Waals surface area contributed by atoms with Crippen molar-refractivity contribution in [2.45, 2.75) is 12.5 Å². The molecule has 6 heteroatoms. The second-order valence-electron chi connectivity index (χ2n) is 5.23. The largest absolute Gasteiger partial charge is 0.391 e. The molecule has 0 spiro atoms. The zero-order valence-electron chi connectivity index (χ0n) is 11.4. The first-order valence-electron chi connectivity index (χ1n) is 7.00. The molecule has 1 fully saturated rings. The predicted molar refractivity (Wildman–Crippen MR) is 79.1 cm³/mol. The van der Waals surface area contributed by atoms with E-state index in [4.69, 9.17) is 0 Å². The molecule has 0 aliphatic carbocycles. The summed E-state index contributed by atoms with van der Waals surface area (Å²) >= 11 is 0. The Bertz CT molecular complexity index is 770. The van der Waals surface area contributed by atoms with Gasteiger partial charge in [-0.05, 0) is 6.42 Å². The maximum atomic E-state index is 9.77. The van der Waals surface area contributed by atoms with Gasteiger partial charge >= 0.3 is 0 Å². The maximum Gasteiger partial charge on any atom is 0.254 e. The third-order valence-corrected chi connectivity index (χ3v) is 3.79. The zero-order chi connectivity index (χ0) is 14.2. The summed E-state index contributed by atoms with van der Waals surface area (Å²) in [5.74, 6) is 1.50. The van der Waals surface area contributed by atoms with E-state index in [1.165, 1.54) is 6.33 Å². The van der Waals surface area contributed by atoms with Gasteiger partial charge < -0.3 is 10.0 Å². The lowest BCUT2D eigenvalue weighted by molar-refractivity contribution is 0.198. The van der Waals surface area contributed by atoms with Gasteiger partial charge in [-0.2, -0.15) is 14.6 Å². The number of β-amino-alcohol motifs (C(OH)–C–C–N with tert-alkyl or cyclic N) is 1. The molecular formula is C15H15N5O. The summed E-state index contributed by atoms with van der Waals surface area (Å²) in [6.07, 6.45) is 2.00. The Kier molecular flexibility index (Phi) is 2.82. The number of rotatable bonds is 2. The van der Waals surface area contributed by atoms with E-state index in [0.29, 0.717) is 12.3 Å². The van der Waals surface area contributed by atoms with Crippen molar-refractivity contribution in [3.05, 3.63) is 42.7 Å². The molecule has 0 saturated carbocycles. The summed E-state index contributed by atoms with van der Waals surface area (Å²) in [5, 5.41) is 14.0. The monoisotopic (exact) mass is 281 g/mol. The number of aromatic nitrogens is 4. The van der Waals surface area contributed by atoms with Gasteiger partial charge in [-0.1, -0.05) is 30.3 Å². The van der Waals surface area contributed by atoms with Crippen molar-refractivity contribution in [1.82, 2.24) is 19.6 Å². The number of hydrogen-bond donors (Lipinski definition) is 1. The van der Waals surface area contributed by atoms with Crippen LogP contribution in [-0.4, -0.2) is 43.9 Å². The molecule has 0 radical (unpaired) electrons. The summed E-state index contributed by atoms with van der Waals surface area (Å²) in [5.41, 5.74) is 1.91. The van der Waals surface area contributed by atoms with Crippen LogP contribution in [0, 0.1) is 0 Å². The van der Waals surface area contributed by atoms with Gasteiger partial charge in [0.15, 0.2) is 0 Å². The Balaban J connectivity index is 1.87. The molecule has 0 bridgehead atoms. The third-order valence-electron chi connectivity index (χ3n) is 3.79. The molecule has 0 amide bonds. The number of hydrogen-bond acceptors (Lipinski definition) is 5. The van der Waals surface area contributed by atoms with Crippen LogP contribution in [0.2, 0.25) is 0 Å². The fraction of sp³-hybridized carbons (Fsp3) is 0.267. The molecule has 3 heterocycles. The molecule has 1 saturated heterocycles. The molecule has 2 aromatic heterocycles. The first-order chi connectivity index (χ1) is 10.3. The van der Waals surface area contributed by atoms with E-state index in [9.17, 15) is 5.11 Å². The van der Waals surface area contributed by atoms with Crippen molar-refractivity contribution >= 4 is 11.6 Å². The van der Waals surface area contributed by atoms with Crippen LogP contribution in [0.5, 0.6) is 0 Å². The Morgan fingerprint density at radius 2 is 2.05 bits per heavy atom. The fourth-order valence-electron chi connectivity index (χ4n) is 2.73. The van der Waals surface area contributed by atoms with Crippen LogP contribution < -0.4 is 4.90 Å². The molecule has 1 aliphatic rings. The highest BCUT2D eigenvalue weighted by molar-refractivity contribution is 5.65. The normalized spacial score (nSPS) is 18.5. The molecule has 21 heavy (non-hydrogen) atoms. The summed E-state index contributed by atoms with van der Waals surface area (Å²) in [7, 11) is 0. The summed E-state index contributed by atoms with van der Waals surface area (Å²) in [6, 6.07) is 12.0. The quantitative estimate of drug-likeness (QED) is 0.768. The highest BCUT2D eigenvalue weighted by Gasteiger charge is 2.23. The third kappa shape index (κ3) is 2.13. The summed E-state index contributed by atoms with van der Waals surface area (Å²) in [4.78, 5) is 10.9. The second-order valence-corrected chi connectivity index (χ2v) is 5.23. The van der Waals surface area contributed by atoms with Crippen LogP contribution in [0.15, 0.2) is 42.7 Å². The molecule has 106 valence electrons. The topological polar surface area (TPSA) is 66.5 Å². The highest BCUT2D eigenvalue weighted by Crippen LogP contribution is 2.26. The van der Waals surface area contributed by atoms with E-state index in [1.54, 1.807) is 4.52 Å². The average Bonchev–Trinajstić information content (AvgIpc) is 3.15. The lowest BCUT2D eigenvalue weighted by Gasteiger charge is -2.19. The first-order valence-corrected chi connectivity index (χ1v) is 7.00. The van der Waals surface area contributed by atoms with Gasteiger partial charge in [0.1, 0.15) is 12.1 Å². The summed E-state index contributed by atoms with van der Waals surface area (Å²) in [6.45, 7) is 1.43. The predicted octanol–water partition coefficient (Wildman–Crippen LogP) is 1.36. The van der Waals surface area contributed by atoms with Crippen LogP contribution in [-0.2, 0) is 0 Å². The van der Waals surface area contributed by atoms with E-state index in [0.717, 1.165) is 30.0 Å². The number of aliphatic hydroxyl groups is 1. The van der Waals surface area contributed by atoms with Gasteiger partial charge in [-0.3, -0.25) is 0 Å². The van der Waals surface area contributed by atoms with Gasteiger partial charge in [0.25, 0.3) is 5.78 Å². The molecule has 1 aromatic carbocycles. The van der Waals surface area contributed by atoms with Crippen molar-refractivity contribution < 1.29 is 5.11 Å². The van der Waals surface area contributed by atoms with Crippen molar-refractivity contribution in [3.8, 4) is 11.3 Å². The number of fused-ring (bicyclic) bond motifs is 1. The molecule has 6 nitrogen and oxygen atoms in total. The van der Waals surface area contributed by atoms with Crippen LogP contribution in [0.4, 0.5) is 5.82 Å². The van der Waals surface area contributed by atoms with Crippen LogP contribution >= 0.6 is 0 Å². The van der Waals surface area contributed by atoms with Gasteiger partial charge in [0, 0.05) is 24.7 Å². The minimum absolute atomic E-state index is 0.281. The lowest BCUT2D eigenvalue weighted by Crippen LogP contribution is -2.24. The summed E-state index contributed by atoms with van der Waals surface area (Å²) < 4.78 is 1.73. The Morgan fingerprint density at radius 3 is 2.81 bits per heavy atom. The van der Waals surface area contributed by atoms with Crippen molar-refractivity contribution in [2.75, 3.05) is 18.0 Å². The SMILES string of the molecule is O[C@@H]1CCN(c2cc(-c3ccccc3)nc3ncnn23)C1. The minimum atomic E-state index is -0.281. The molecule has 1 aliphatic heterocycles. The van der Waals surface area contributed by atoms with Gasteiger partial charge in [0.05, 0.1) is 11.8 Å². The van der Waals surface area contributed by atoms with E-state index < -0.39 is 0 Å². The van der Waals surface area contributed by atoms with Gasteiger partial charge in [-0.15, -0.1) is 0 Å². The highest BCUT2D eigenvalue weighted by atomic mass is 16.3. The van der Waals surface area contributed by atoms with Gasteiger partial charge in [0.2, 0.25) is 0 Å². The Labute approximate surface area is 121 Å². The number of aliphatic hydroxyl groups excluding tert-OH is 1. The first kappa shape index (κ1) is 12.3. The Morgan fingerprint density at radius 1 is 1.19 bits per heavy atom. The Hall–Kier alpha value is -2.47. The number of nitrogens with zero attached hydrogens (tertiary/aromatic N) is 5. The van der Waals surface area contributed by atoms with E-state index in [1.807, 2.05) is 36.4 Å². The second kappa shape index (κ2) is 4.82. The molecule has 1 N–H and O–H groups in total. The van der Waals surface area contributed by atoms with Crippen LogP contribution in [0.25, 0.3) is 17.0 Å². The standard InChI is InChI=1S/C15H15N5O/c21-12-6-7-19(9-12)14-8-13(11-4-2-1-3-5-11)18-15-16-10-17-20(14)15/h1-5,8,10,12,21H,6-7,9H2/t12-/m1/s1. The molecule has 4 rings (SSSR count). The number of anilines is 1. The van der Waals surface area contributed by atoms with E-state index in [-0.39, 0.29) is 6.10 Å². The minimum Gasteiger partial charge on any atom is -0.391 e. The lowest BCUT2D eigenvalue weighted by atomic mass is 10.1. The van der Waals surface area contributed by atoms with Crippen molar-refractivity contribution in [2.24, 2.45) is 0 Å². The number of benzene rings is 1. The smallest absolute Gasteiger partial charge is 0.254 e. The molecular weight excluding hydrogens is 266 g/mol. The zero-order valence-corrected chi connectivity index (χ0v) is 11.4. The molecule has 3 aromatic rings. The van der Waals surface area contributed by atoms with Crippen LogP contribution in [0.3, 0.4) is 0 Å². The average molecular weight is 281 g/mol. The molecule has 0 unspecified atom stereocenters. The molecule has 1 atom stereocenters. The van der Waals surface area contributed by atoms with Crippen LogP contribution in [0.1, 0.15) is 6.42 Å². The van der Waals surface area contributed by atoms with E-state index >= 15 is 0 Å². The van der Waals surface area contributed by atoms with E-state index in [2.05, 4.69) is 20.0 Å². The van der Waals surface area contributed by atoms with Gasteiger partial charge in [-0.25, -0.2) is 4.98 Å². The van der Waals surface area contributed by atoms with Crippen molar-refractivity contribution in [3.63, 3.8) is 0 Å². The maximum absolute atomic E-state index is 9.77. The fourth-order valence-corrected chi connectivity index (χ4v) is 2.73. The van der Waals surface area contributed by atoms with Crippen molar-refractivity contribution in [1.29, 1.82) is 0 Å².